The van der Waals surface area contributed by atoms with Crippen molar-refractivity contribution in [2.24, 2.45) is 0 Å². The number of hydrogen-bond donors (Lipinski definition) is 3. The van der Waals surface area contributed by atoms with Gasteiger partial charge < -0.3 is 25.4 Å². The van der Waals surface area contributed by atoms with Crippen LogP contribution < -0.4 is 15.5 Å². The number of aromatic nitrogens is 2. The van der Waals surface area contributed by atoms with E-state index in [2.05, 4.69) is 36.5 Å². The molecule has 1 amide bonds. The highest BCUT2D eigenvalue weighted by Gasteiger charge is 2.24. The van der Waals surface area contributed by atoms with Crippen molar-refractivity contribution >= 4 is 17.7 Å². The molecule has 0 radical (unpaired) electrons. The summed E-state index contributed by atoms with van der Waals surface area (Å²) in [6.45, 7) is 8.23. The topological polar surface area (TPSA) is 103 Å². The Kier molecular flexibility index (Phi) is 7.19. The van der Waals surface area contributed by atoms with Crippen molar-refractivity contribution in [2.45, 2.75) is 19.3 Å². The Labute approximate surface area is 160 Å². The number of carbonyl (C=O) groups is 1. The van der Waals surface area contributed by atoms with Crippen LogP contribution in [-0.4, -0.2) is 91.5 Å². The van der Waals surface area contributed by atoms with Gasteiger partial charge in [0.1, 0.15) is 5.82 Å². The first-order valence-corrected chi connectivity index (χ1v) is 9.75. The molecule has 3 rings (SSSR count). The number of piperazine rings is 1. The van der Waals surface area contributed by atoms with E-state index in [0.717, 1.165) is 50.7 Å². The van der Waals surface area contributed by atoms with Crippen LogP contribution in [0.1, 0.15) is 25.0 Å². The van der Waals surface area contributed by atoms with Crippen molar-refractivity contribution < 1.29 is 14.6 Å². The summed E-state index contributed by atoms with van der Waals surface area (Å²) in [5.41, 5.74) is 0.989. The normalized spacial score (nSPS) is 20.7. The highest BCUT2D eigenvalue weighted by atomic mass is 16.5. The van der Waals surface area contributed by atoms with Crippen LogP contribution in [-0.2, 0) is 9.53 Å². The molecule has 1 aromatic rings. The van der Waals surface area contributed by atoms with Gasteiger partial charge in [-0.2, -0.15) is 4.98 Å². The zero-order valence-electron chi connectivity index (χ0n) is 16.0. The number of nitrogens with one attached hydrogen (secondary N) is 2. The Morgan fingerprint density at radius 1 is 1.33 bits per heavy atom. The van der Waals surface area contributed by atoms with E-state index in [1.165, 1.54) is 0 Å². The van der Waals surface area contributed by atoms with Gasteiger partial charge >= 0.3 is 0 Å². The molecule has 3 N–H and O–H groups in total. The molecule has 9 nitrogen and oxygen atoms in total. The molecule has 0 aliphatic carbocycles. The molecule has 0 saturated carbocycles. The minimum atomic E-state index is 0.0357. The van der Waals surface area contributed by atoms with E-state index in [-0.39, 0.29) is 12.5 Å². The van der Waals surface area contributed by atoms with E-state index in [9.17, 15) is 4.79 Å². The lowest BCUT2D eigenvalue weighted by atomic mass is 10.0. The zero-order chi connectivity index (χ0) is 19.1. The van der Waals surface area contributed by atoms with Gasteiger partial charge in [0.05, 0.1) is 25.5 Å². The molecule has 150 valence electrons. The fourth-order valence-corrected chi connectivity index (χ4v) is 3.43. The summed E-state index contributed by atoms with van der Waals surface area (Å²) in [7, 11) is 0. The lowest BCUT2D eigenvalue weighted by Crippen LogP contribution is -2.49. The number of amides is 1. The predicted molar refractivity (Wildman–Crippen MR) is 103 cm³/mol. The van der Waals surface area contributed by atoms with Crippen LogP contribution in [0.2, 0.25) is 0 Å². The van der Waals surface area contributed by atoms with Gasteiger partial charge in [0.25, 0.3) is 0 Å². The average molecular weight is 378 g/mol. The van der Waals surface area contributed by atoms with Crippen molar-refractivity contribution in [3.8, 4) is 0 Å². The molecule has 2 aliphatic rings. The maximum absolute atomic E-state index is 11.8. The van der Waals surface area contributed by atoms with E-state index >= 15 is 0 Å². The van der Waals surface area contributed by atoms with Crippen LogP contribution in [0.5, 0.6) is 0 Å². The minimum absolute atomic E-state index is 0.0357. The Morgan fingerprint density at radius 3 is 2.81 bits per heavy atom. The molecule has 1 aromatic heterocycles. The number of nitrogens with zero attached hydrogens (tertiary/aromatic N) is 4. The number of likely N-dealkylation sites (N-methyl/N-ethyl adjacent to an activating group) is 1. The second-order valence-corrected chi connectivity index (χ2v) is 6.90. The number of hydrogen-bond acceptors (Lipinski definition) is 8. The second-order valence-electron chi connectivity index (χ2n) is 6.90. The number of anilines is 2. The summed E-state index contributed by atoms with van der Waals surface area (Å²) < 4.78 is 5.51. The SMILES string of the molecule is CCNC(=O)CN1CCN(c2cc(C3CCOC3)nc(NCCO)n2)CC1. The van der Waals surface area contributed by atoms with Crippen LogP contribution in [0.25, 0.3) is 0 Å². The summed E-state index contributed by atoms with van der Waals surface area (Å²) >= 11 is 0. The Bertz CT molecular complexity index is 615. The largest absolute Gasteiger partial charge is 0.395 e. The van der Waals surface area contributed by atoms with Gasteiger partial charge in [0, 0.05) is 57.9 Å². The quantitative estimate of drug-likeness (QED) is 0.564. The molecule has 0 bridgehead atoms. The van der Waals surface area contributed by atoms with Crippen molar-refractivity contribution in [1.29, 1.82) is 0 Å². The number of rotatable bonds is 8. The molecule has 1 atom stereocenters. The molecular weight excluding hydrogens is 348 g/mol. The molecule has 0 aromatic carbocycles. The van der Waals surface area contributed by atoms with Crippen LogP contribution in [0, 0.1) is 0 Å². The third kappa shape index (κ3) is 5.50. The fraction of sp³-hybridized carbons (Fsp3) is 0.722. The first-order chi connectivity index (χ1) is 13.2. The molecule has 2 saturated heterocycles. The van der Waals surface area contributed by atoms with Crippen molar-refractivity contribution in [3.63, 3.8) is 0 Å². The van der Waals surface area contributed by atoms with Gasteiger partial charge in [-0.15, -0.1) is 0 Å². The van der Waals surface area contributed by atoms with Crippen LogP contribution in [0.3, 0.4) is 0 Å². The molecule has 2 fully saturated rings. The van der Waals surface area contributed by atoms with Gasteiger partial charge in [-0.25, -0.2) is 4.98 Å². The maximum atomic E-state index is 11.8. The predicted octanol–water partition coefficient (Wildman–Crippen LogP) is -0.357. The van der Waals surface area contributed by atoms with Crippen LogP contribution >= 0.6 is 0 Å². The third-order valence-electron chi connectivity index (χ3n) is 4.91. The standard InChI is InChI=1S/C18H30N6O3/c1-2-19-17(26)12-23-5-7-24(8-6-23)16-11-15(14-3-10-27-13-14)21-18(22-16)20-4-9-25/h11,14,25H,2-10,12-13H2,1H3,(H,19,26)(H,20,21,22). The Hall–Kier alpha value is -1.97. The number of carbonyl (C=O) groups excluding carboxylic acids is 1. The number of aliphatic hydroxyl groups excluding tert-OH is 1. The third-order valence-corrected chi connectivity index (χ3v) is 4.91. The second kappa shape index (κ2) is 9.82. The number of aliphatic hydroxyl groups is 1. The van der Waals surface area contributed by atoms with Gasteiger partial charge in [0.15, 0.2) is 0 Å². The van der Waals surface area contributed by atoms with Gasteiger partial charge in [0.2, 0.25) is 11.9 Å². The summed E-state index contributed by atoms with van der Waals surface area (Å²) in [5, 5.41) is 15.0. The van der Waals surface area contributed by atoms with E-state index in [4.69, 9.17) is 9.84 Å². The van der Waals surface area contributed by atoms with Gasteiger partial charge in [-0.05, 0) is 13.3 Å². The van der Waals surface area contributed by atoms with Crippen molar-refractivity contribution in [3.05, 3.63) is 11.8 Å². The van der Waals surface area contributed by atoms with E-state index in [0.29, 0.717) is 38.1 Å². The summed E-state index contributed by atoms with van der Waals surface area (Å²) in [4.78, 5) is 25.4. The van der Waals surface area contributed by atoms with Crippen molar-refractivity contribution in [2.75, 3.05) is 75.9 Å². The number of ether oxygens (including phenoxy) is 1. The van der Waals surface area contributed by atoms with E-state index < -0.39 is 0 Å². The molecule has 1 unspecified atom stereocenters. The lowest BCUT2D eigenvalue weighted by molar-refractivity contribution is -0.122. The molecule has 27 heavy (non-hydrogen) atoms. The molecule has 2 aliphatic heterocycles. The molecule has 9 heteroatoms. The van der Waals surface area contributed by atoms with E-state index in [1.807, 2.05) is 6.92 Å². The summed E-state index contributed by atoms with van der Waals surface area (Å²) in [6, 6.07) is 2.06. The Balaban J connectivity index is 1.66. The first kappa shape index (κ1) is 19.8. The van der Waals surface area contributed by atoms with E-state index in [1.54, 1.807) is 0 Å². The average Bonchev–Trinajstić information content (AvgIpc) is 3.22. The summed E-state index contributed by atoms with van der Waals surface area (Å²) in [6.07, 6.45) is 0.968. The van der Waals surface area contributed by atoms with Crippen molar-refractivity contribution in [1.82, 2.24) is 20.2 Å². The summed E-state index contributed by atoms with van der Waals surface area (Å²) in [5.74, 6) is 1.81. The monoisotopic (exact) mass is 378 g/mol. The van der Waals surface area contributed by atoms with Crippen LogP contribution in [0.4, 0.5) is 11.8 Å². The minimum Gasteiger partial charge on any atom is -0.395 e. The first-order valence-electron chi connectivity index (χ1n) is 9.75. The van der Waals surface area contributed by atoms with Crippen LogP contribution in [0.15, 0.2) is 6.07 Å². The highest BCUT2D eigenvalue weighted by molar-refractivity contribution is 5.77. The smallest absolute Gasteiger partial charge is 0.234 e. The maximum Gasteiger partial charge on any atom is 0.234 e. The zero-order valence-corrected chi connectivity index (χ0v) is 16.0. The van der Waals surface area contributed by atoms with Gasteiger partial charge in [-0.3, -0.25) is 9.69 Å². The molecule has 0 spiro atoms. The lowest BCUT2D eigenvalue weighted by Gasteiger charge is -2.35. The molecule has 3 heterocycles. The molecular formula is C18H30N6O3. The fourth-order valence-electron chi connectivity index (χ4n) is 3.43. The Morgan fingerprint density at radius 2 is 2.15 bits per heavy atom. The highest BCUT2D eigenvalue weighted by Crippen LogP contribution is 2.27. The van der Waals surface area contributed by atoms with Gasteiger partial charge in [-0.1, -0.05) is 0 Å².